The monoisotopic (exact) mass is 752 g/mol. The lowest BCUT2D eigenvalue weighted by atomic mass is 9.96. The lowest BCUT2D eigenvalue weighted by molar-refractivity contribution is 0.670. The van der Waals surface area contributed by atoms with Crippen LogP contribution in [0, 0.1) is 0 Å². The first-order valence-electron chi connectivity index (χ1n) is 20.2. The van der Waals surface area contributed by atoms with Crippen molar-refractivity contribution in [1.82, 2.24) is 4.57 Å². The highest BCUT2D eigenvalue weighted by Crippen LogP contribution is 2.46. The van der Waals surface area contributed by atoms with Crippen LogP contribution in [0.2, 0.25) is 0 Å². The Morgan fingerprint density at radius 1 is 0.356 bits per heavy atom. The van der Waals surface area contributed by atoms with Crippen LogP contribution in [0.15, 0.2) is 223 Å². The van der Waals surface area contributed by atoms with Crippen molar-refractivity contribution in [2.24, 2.45) is 0 Å². The predicted octanol–water partition coefficient (Wildman–Crippen LogP) is 15.8. The van der Waals surface area contributed by atoms with E-state index in [1.165, 1.54) is 48.9 Å². The SMILES string of the molecule is c1cc(-c2cccc3ccccc23)cc(N(c2cccc(-n3c4ccccc4c4ccccc43)c2)c2ccccc2-c2cccc3c2oc2cc4ccccc4cc23)c1. The molecule has 0 saturated carbocycles. The summed E-state index contributed by atoms with van der Waals surface area (Å²) in [5, 5.41) is 9.54. The molecule has 276 valence electrons. The summed E-state index contributed by atoms with van der Waals surface area (Å²) in [6, 6.07) is 78.8. The van der Waals surface area contributed by atoms with E-state index in [-0.39, 0.29) is 0 Å². The zero-order valence-electron chi connectivity index (χ0n) is 32.1. The van der Waals surface area contributed by atoms with E-state index in [9.17, 15) is 0 Å². The molecule has 12 aromatic rings. The molecule has 0 unspecified atom stereocenters. The van der Waals surface area contributed by atoms with Gasteiger partial charge in [0, 0.05) is 49.7 Å². The first-order chi connectivity index (χ1) is 29.3. The second-order valence-electron chi connectivity index (χ2n) is 15.3. The first kappa shape index (κ1) is 33.3. The van der Waals surface area contributed by atoms with Crippen LogP contribution in [-0.4, -0.2) is 4.57 Å². The van der Waals surface area contributed by atoms with Crippen molar-refractivity contribution in [3.63, 3.8) is 0 Å². The smallest absolute Gasteiger partial charge is 0.143 e. The van der Waals surface area contributed by atoms with Crippen LogP contribution in [0.1, 0.15) is 0 Å². The molecule has 0 aliphatic carbocycles. The van der Waals surface area contributed by atoms with Gasteiger partial charge < -0.3 is 13.9 Å². The molecule has 0 radical (unpaired) electrons. The molecule has 0 aliphatic heterocycles. The quantitative estimate of drug-likeness (QED) is 0.169. The van der Waals surface area contributed by atoms with Gasteiger partial charge in [-0.15, -0.1) is 0 Å². The summed E-state index contributed by atoms with van der Waals surface area (Å²) in [5.74, 6) is 0. The van der Waals surface area contributed by atoms with Crippen LogP contribution in [0.5, 0.6) is 0 Å². The molecule has 12 rings (SSSR count). The van der Waals surface area contributed by atoms with Gasteiger partial charge in [-0.25, -0.2) is 0 Å². The number of anilines is 3. The largest absolute Gasteiger partial charge is 0.455 e. The Hall–Kier alpha value is -7.88. The van der Waals surface area contributed by atoms with Crippen molar-refractivity contribution in [3.8, 4) is 27.9 Å². The Balaban J connectivity index is 1.10. The van der Waals surface area contributed by atoms with E-state index in [4.69, 9.17) is 4.42 Å². The lowest BCUT2D eigenvalue weighted by Crippen LogP contribution is -2.12. The minimum Gasteiger partial charge on any atom is -0.455 e. The number of aromatic nitrogens is 1. The summed E-state index contributed by atoms with van der Waals surface area (Å²) in [6.07, 6.45) is 0. The maximum absolute atomic E-state index is 6.84. The highest BCUT2D eigenvalue weighted by Gasteiger charge is 2.22. The van der Waals surface area contributed by atoms with E-state index >= 15 is 0 Å². The molecule has 3 heteroatoms. The minimum atomic E-state index is 0.883. The number of furan rings is 1. The zero-order chi connectivity index (χ0) is 38.9. The van der Waals surface area contributed by atoms with Crippen molar-refractivity contribution >= 4 is 82.4 Å². The van der Waals surface area contributed by atoms with Crippen LogP contribution in [0.25, 0.3) is 93.2 Å². The topological polar surface area (TPSA) is 21.3 Å². The van der Waals surface area contributed by atoms with E-state index in [0.29, 0.717) is 0 Å². The standard InChI is InChI=1S/C56H36N2O/c1-2-17-39-35-55-51(34-38(39)16-1)50-29-14-28-49(56(50)59-55)48-26-7-8-30-52(48)57(41-20-11-19-40(33-41)45-27-12-18-37-15-3-4-23-44(37)45)42-21-13-22-43(36-42)58-53-31-9-5-24-46(53)47-25-6-10-32-54(47)58/h1-36H. The molecule has 0 amide bonds. The fraction of sp³-hybridized carbons (Fsp3) is 0. The Morgan fingerprint density at radius 3 is 1.73 bits per heavy atom. The number of benzene rings is 10. The summed E-state index contributed by atoms with van der Waals surface area (Å²) in [5.41, 5.74) is 12.9. The van der Waals surface area contributed by atoms with E-state index in [0.717, 1.165) is 61.4 Å². The Labute approximate surface area is 341 Å². The van der Waals surface area contributed by atoms with Crippen LogP contribution >= 0.6 is 0 Å². The zero-order valence-corrected chi connectivity index (χ0v) is 32.1. The van der Waals surface area contributed by atoms with Gasteiger partial charge in [0.05, 0.1) is 16.7 Å². The van der Waals surface area contributed by atoms with Crippen molar-refractivity contribution in [1.29, 1.82) is 0 Å². The fourth-order valence-electron chi connectivity index (χ4n) is 9.28. The average Bonchev–Trinajstić information content (AvgIpc) is 3.84. The molecular weight excluding hydrogens is 717 g/mol. The second kappa shape index (κ2) is 13.4. The third-order valence-electron chi connectivity index (χ3n) is 11.9. The van der Waals surface area contributed by atoms with Gasteiger partial charge in [-0.2, -0.15) is 0 Å². The van der Waals surface area contributed by atoms with E-state index in [2.05, 4.69) is 228 Å². The maximum Gasteiger partial charge on any atom is 0.143 e. The molecule has 2 heterocycles. The molecule has 0 saturated heterocycles. The van der Waals surface area contributed by atoms with Crippen molar-refractivity contribution in [2.45, 2.75) is 0 Å². The summed E-state index contributed by atoms with van der Waals surface area (Å²) in [7, 11) is 0. The third-order valence-corrected chi connectivity index (χ3v) is 11.9. The van der Waals surface area contributed by atoms with Gasteiger partial charge in [-0.3, -0.25) is 0 Å². The number of hydrogen-bond acceptors (Lipinski definition) is 2. The van der Waals surface area contributed by atoms with Gasteiger partial charge in [-0.1, -0.05) is 158 Å². The van der Waals surface area contributed by atoms with Gasteiger partial charge in [0.25, 0.3) is 0 Å². The van der Waals surface area contributed by atoms with Gasteiger partial charge >= 0.3 is 0 Å². The summed E-state index contributed by atoms with van der Waals surface area (Å²) >= 11 is 0. The molecule has 0 bridgehead atoms. The maximum atomic E-state index is 6.84. The molecule has 2 aromatic heterocycles. The number of rotatable bonds is 6. The van der Waals surface area contributed by atoms with Crippen LogP contribution < -0.4 is 4.90 Å². The van der Waals surface area contributed by atoms with Gasteiger partial charge in [0.1, 0.15) is 11.2 Å². The second-order valence-corrected chi connectivity index (χ2v) is 15.3. The highest BCUT2D eigenvalue weighted by molar-refractivity contribution is 6.14. The summed E-state index contributed by atoms with van der Waals surface area (Å²) in [4.78, 5) is 2.41. The summed E-state index contributed by atoms with van der Waals surface area (Å²) in [6.45, 7) is 0. The molecule has 59 heavy (non-hydrogen) atoms. The Bertz CT molecular complexity index is 3530. The first-order valence-corrected chi connectivity index (χ1v) is 20.2. The number of hydrogen-bond donors (Lipinski definition) is 0. The molecular formula is C56H36N2O. The Kier molecular flexibility index (Phi) is 7.54. The third kappa shape index (κ3) is 5.36. The summed E-state index contributed by atoms with van der Waals surface area (Å²) < 4.78 is 9.23. The van der Waals surface area contributed by atoms with Gasteiger partial charge in [0.15, 0.2) is 0 Å². The molecule has 0 N–H and O–H groups in total. The minimum absolute atomic E-state index is 0.883. The van der Waals surface area contributed by atoms with Crippen molar-refractivity contribution in [2.75, 3.05) is 4.90 Å². The molecule has 0 fully saturated rings. The Morgan fingerprint density at radius 2 is 0.915 bits per heavy atom. The number of nitrogens with zero attached hydrogens (tertiary/aromatic N) is 2. The number of fused-ring (bicyclic) bond motifs is 8. The van der Waals surface area contributed by atoms with E-state index < -0.39 is 0 Å². The lowest BCUT2D eigenvalue weighted by Gasteiger charge is -2.29. The van der Waals surface area contributed by atoms with Crippen LogP contribution in [0.4, 0.5) is 17.1 Å². The molecule has 3 nitrogen and oxygen atoms in total. The van der Waals surface area contributed by atoms with E-state index in [1.807, 2.05) is 0 Å². The average molecular weight is 753 g/mol. The molecule has 0 spiro atoms. The van der Waals surface area contributed by atoms with E-state index in [1.54, 1.807) is 0 Å². The predicted molar refractivity (Wildman–Crippen MR) is 249 cm³/mol. The van der Waals surface area contributed by atoms with Crippen LogP contribution in [-0.2, 0) is 0 Å². The molecule has 10 aromatic carbocycles. The normalized spacial score (nSPS) is 11.7. The highest BCUT2D eigenvalue weighted by atomic mass is 16.3. The molecule has 0 aliphatic rings. The number of para-hydroxylation sites is 4. The fourth-order valence-corrected chi connectivity index (χ4v) is 9.28. The molecule has 0 atom stereocenters. The van der Waals surface area contributed by atoms with Gasteiger partial charge in [-0.05, 0) is 93.3 Å². The van der Waals surface area contributed by atoms with Crippen LogP contribution in [0.3, 0.4) is 0 Å². The van der Waals surface area contributed by atoms with Crippen molar-refractivity contribution < 1.29 is 4.42 Å². The van der Waals surface area contributed by atoms with Crippen molar-refractivity contribution in [3.05, 3.63) is 218 Å². The van der Waals surface area contributed by atoms with Gasteiger partial charge in [0.2, 0.25) is 0 Å².